The van der Waals surface area contributed by atoms with Crippen LogP contribution in [-0.4, -0.2) is 41.8 Å². The number of carbonyl (C=O) groups excluding carboxylic acids is 1. The molecule has 1 atom stereocenters. The van der Waals surface area contributed by atoms with Crippen molar-refractivity contribution in [2.75, 3.05) is 6.54 Å². The molecule has 0 unspecified atom stereocenters. The summed E-state index contributed by atoms with van der Waals surface area (Å²) in [4.78, 5) is 19.0. The van der Waals surface area contributed by atoms with Crippen molar-refractivity contribution in [3.05, 3.63) is 70.6 Å². The Kier molecular flexibility index (Phi) is 4.31. The topological polar surface area (TPSA) is 76.2 Å². The van der Waals surface area contributed by atoms with Crippen LogP contribution >= 0.6 is 0 Å². The van der Waals surface area contributed by atoms with Gasteiger partial charge in [0.15, 0.2) is 6.10 Å². The van der Waals surface area contributed by atoms with Crippen molar-refractivity contribution in [1.82, 2.24) is 24.2 Å². The maximum atomic E-state index is 13.0. The Bertz CT molecular complexity index is 1000. The van der Waals surface area contributed by atoms with E-state index in [0.29, 0.717) is 31.2 Å². The molecule has 7 heteroatoms. The molecule has 0 fully saturated rings. The summed E-state index contributed by atoms with van der Waals surface area (Å²) < 4.78 is 3.65. The first-order valence-electron chi connectivity index (χ1n) is 9.02. The standard InChI is InChI=1S/C20H23N5O2/c1-13-4-5-14(2)16(10-13)20(27)24-8-9-25-15(12-24)11-17(22-25)18(26)19-21-6-7-23(19)3/h4-7,10-11,18,26H,8-9,12H2,1-3H3/t18-/m1/s1. The molecule has 1 aliphatic heterocycles. The lowest BCUT2D eigenvalue weighted by atomic mass is 10.0. The summed E-state index contributed by atoms with van der Waals surface area (Å²) in [7, 11) is 1.84. The predicted octanol–water partition coefficient (Wildman–Crippen LogP) is 1.97. The van der Waals surface area contributed by atoms with Crippen LogP contribution in [0.4, 0.5) is 0 Å². The van der Waals surface area contributed by atoms with Crippen LogP contribution in [0.3, 0.4) is 0 Å². The van der Waals surface area contributed by atoms with Gasteiger partial charge in [0.2, 0.25) is 0 Å². The van der Waals surface area contributed by atoms with Crippen LogP contribution in [0, 0.1) is 13.8 Å². The number of aliphatic hydroxyl groups excluding tert-OH is 1. The van der Waals surface area contributed by atoms with E-state index in [0.717, 1.165) is 22.4 Å². The van der Waals surface area contributed by atoms with Gasteiger partial charge in [-0.25, -0.2) is 4.98 Å². The normalized spacial score (nSPS) is 14.9. The van der Waals surface area contributed by atoms with E-state index >= 15 is 0 Å². The van der Waals surface area contributed by atoms with Gasteiger partial charge in [-0.15, -0.1) is 0 Å². The van der Waals surface area contributed by atoms with Crippen molar-refractivity contribution in [3.8, 4) is 0 Å². The largest absolute Gasteiger partial charge is 0.379 e. The Morgan fingerprint density at radius 3 is 2.78 bits per heavy atom. The summed E-state index contributed by atoms with van der Waals surface area (Å²) in [6.07, 6.45) is 2.56. The summed E-state index contributed by atoms with van der Waals surface area (Å²) in [5.74, 6) is 0.587. The van der Waals surface area contributed by atoms with Gasteiger partial charge in [0.05, 0.1) is 24.5 Å². The summed E-state index contributed by atoms with van der Waals surface area (Å²) in [5, 5.41) is 15.1. The molecule has 140 valence electrons. The van der Waals surface area contributed by atoms with Crippen molar-refractivity contribution in [2.24, 2.45) is 7.05 Å². The molecular formula is C20H23N5O2. The van der Waals surface area contributed by atoms with Gasteiger partial charge in [-0.05, 0) is 31.5 Å². The minimum atomic E-state index is -0.883. The van der Waals surface area contributed by atoms with Crippen LogP contribution in [-0.2, 0) is 20.1 Å². The lowest BCUT2D eigenvalue weighted by molar-refractivity contribution is 0.0705. The summed E-state index contributed by atoms with van der Waals surface area (Å²) >= 11 is 0. The number of hydrogen-bond acceptors (Lipinski definition) is 4. The van der Waals surface area contributed by atoms with E-state index in [-0.39, 0.29) is 5.91 Å². The molecule has 0 aliphatic carbocycles. The molecule has 27 heavy (non-hydrogen) atoms. The van der Waals surface area contributed by atoms with E-state index in [9.17, 15) is 9.90 Å². The van der Waals surface area contributed by atoms with Crippen molar-refractivity contribution in [3.63, 3.8) is 0 Å². The highest BCUT2D eigenvalue weighted by atomic mass is 16.3. The van der Waals surface area contributed by atoms with E-state index < -0.39 is 6.10 Å². The minimum Gasteiger partial charge on any atom is -0.379 e. The van der Waals surface area contributed by atoms with Gasteiger partial charge >= 0.3 is 0 Å². The average molecular weight is 365 g/mol. The molecular weight excluding hydrogens is 342 g/mol. The second-order valence-corrected chi connectivity index (χ2v) is 7.13. The highest BCUT2D eigenvalue weighted by Gasteiger charge is 2.26. The Balaban J connectivity index is 1.57. The molecule has 2 aromatic heterocycles. The van der Waals surface area contributed by atoms with Crippen LogP contribution in [0.1, 0.15) is 44.8 Å². The van der Waals surface area contributed by atoms with Gasteiger partial charge < -0.3 is 14.6 Å². The number of carbonyl (C=O) groups is 1. The molecule has 1 aromatic carbocycles. The zero-order valence-electron chi connectivity index (χ0n) is 15.8. The molecule has 0 spiro atoms. The van der Waals surface area contributed by atoms with E-state index in [2.05, 4.69) is 10.1 Å². The fourth-order valence-corrected chi connectivity index (χ4v) is 3.51. The lowest BCUT2D eigenvalue weighted by Gasteiger charge is -2.28. The quantitative estimate of drug-likeness (QED) is 0.770. The SMILES string of the molecule is Cc1ccc(C)c(C(=O)N2CCn3nc([C@@H](O)c4nccn4C)cc3C2)c1. The number of rotatable bonds is 3. The second kappa shape index (κ2) is 6.66. The summed E-state index contributed by atoms with van der Waals surface area (Å²) in [5.41, 5.74) is 4.28. The molecule has 0 radical (unpaired) electrons. The van der Waals surface area contributed by atoms with Gasteiger partial charge in [0.1, 0.15) is 5.82 Å². The average Bonchev–Trinajstić information content (AvgIpc) is 3.28. The smallest absolute Gasteiger partial charge is 0.254 e. The highest BCUT2D eigenvalue weighted by Crippen LogP contribution is 2.24. The first-order valence-corrected chi connectivity index (χ1v) is 9.02. The predicted molar refractivity (Wildman–Crippen MR) is 100 cm³/mol. The fourth-order valence-electron chi connectivity index (χ4n) is 3.51. The van der Waals surface area contributed by atoms with Crippen LogP contribution < -0.4 is 0 Å². The molecule has 0 saturated heterocycles. The zero-order chi connectivity index (χ0) is 19.1. The molecule has 0 saturated carbocycles. The van der Waals surface area contributed by atoms with Crippen LogP contribution in [0.25, 0.3) is 0 Å². The number of nitrogens with zero attached hydrogens (tertiary/aromatic N) is 5. The van der Waals surface area contributed by atoms with Crippen LogP contribution in [0.2, 0.25) is 0 Å². The van der Waals surface area contributed by atoms with Gasteiger partial charge in [0, 0.05) is 31.5 Å². The first-order chi connectivity index (χ1) is 12.9. The fraction of sp³-hybridized carbons (Fsp3) is 0.350. The lowest BCUT2D eigenvalue weighted by Crippen LogP contribution is -2.38. The van der Waals surface area contributed by atoms with Crippen molar-refractivity contribution in [1.29, 1.82) is 0 Å². The second-order valence-electron chi connectivity index (χ2n) is 7.13. The Labute approximate surface area is 157 Å². The first kappa shape index (κ1) is 17.5. The highest BCUT2D eigenvalue weighted by molar-refractivity contribution is 5.95. The van der Waals surface area contributed by atoms with Crippen molar-refractivity contribution < 1.29 is 9.90 Å². The van der Waals surface area contributed by atoms with Gasteiger partial charge in [0.25, 0.3) is 5.91 Å². The molecule has 1 N–H and O–H groups in total. The number of fused-ring (bicyclic) bond motifs is 1. The van der Waals surface area contributed by atoms with E-state index in [1.54, 1.807) is 17.0 Å². The number of amides is 1. The van der Waals surface area contributed by atoms with E-state index in [1.165, 1.54) is 0 Å². The third-order valence-electron chi connectivity index (χ3n) is 5.11. The van der Waals surface area contributed by atoms with E-state index in [1.807, 2.05) is 54.7 Å². The Hall–Kier alpha value is -2.93. The molecule has 0 bridgehead atoms. The summed E-state index contributed by atoms with van der Waals surface area (Å²) in [6.45, 7) is 5.64. The van der Waals surface area contributed by atoms with Crippen molar-refractivity contribution >= 4 is 5.91 Å². The third kappa shape index (κ3) is 3.14. The number of benzene rings is 1. The number of aryl methyl sites for hydroxylation is 3. The molecule has 1 aliphatic rings. The molecule has 7 nitrogen and oxygen atoms in total. The molecule has 4 rings (SSSR count). The minimum absolute atomic E-state index is 0.0369. The maximum absolute atomic E-state index is 13.0. The molecule has 3 heterocycles. The van der Waals surface area contributed by atoms with Crippen LogP contribution in [0.5, 0.6) is 0 Å². The maximum Gasteiger partial charge on any atom is 0.254 e. The van der Waals surface area contributed by atoms with Gasteiger partial charge in [-0.3, -0.25) is 9.48 Å². The number of aliphatic hydroxyl groups is 1. The third-order valence-corrected chi connectivity index (χ3v) is 5.11. The van der Waals surface area contributed by atoms with Crippen molar-refractivity contribution in [2.45, 2.75) is 33.0 Å². The van der Waals surface area contributed by atoms with E-state index in [4.69, 9.17) is 0 Å². The monoisotopic (exact) mass is 365 g/mol. The molecule has 1 amide bonds. The number of hydrogen-bond donors (Lipinski definition) is 1. The summed E-state index contributed by atoms with van der Waals surface area (Å²) in [6, 6.07) is 7.81. The number of imidazole rings is 1. The Morgan fingerprint density at radius 2 is 2.04 bits per heavy atom. The van der Waals surface area contributed by atoms with Crippen LogP contribution in [0.15, 0.2) is 36.7 Å². The van der Waals surface area contributed by atoms with Gasteiger partial charge in [-0.1, -0.05) is 17.7 Å². The zero-order valence-corrected chi connectivity index (χ0v) is 15.8. The number of aromatic nitrogens is 4. The molecule has 3 aromatic rings. The Morgan fingerprint density at radius 1 is 1.22 bits per heavy atom. The van der Waals surface area contributed by atoms with Gasteiger partial charge in [-0.2, -0.15) is 5.10 Å².